The predicted molar refractivity (Wildman–Crippen MR) is 69.5 cm³/mol. The van der Waals surface area contributed by atoms with Crippen LogP contribution in [0.5, 0.6) is 0 Å². The normalized spacial score (nSPS) is 10.2. The zero-order chi connectivity index (χ0) is 14.0. The lowest BCUT2D eigenvalue weighted by Gasteiger charge is -2.05. The fraction of sp³-hybridized carbons (Fsp3) is 0.143. The first kappa shape index (κ1) is 12.9. The molecule has 98 valence electrons. The highest BCUT2D eigenvalue weighted by Crippen LogP contribution is 2.16. The number of aryl methyl sites for hydroxylation is 2. The number of carboxylic acids is 1. The smallest absolute Gasteiger partial charge is 0.371 e. The summed E-state index contributed by atoms with van der Waals surface area (Å²) in [5.41, 5.74) is 2.71. The Morgan fingerprint density at radius 2 is 1.63 bits per heavy atom. The van der Waals surface area contributed by atoms with Crippen LogP contribution in [0.3, 0.4) is 0 Å². The second kappa shape index (κ2) is 4.97. The van der Waals surface area contributed by atoms with Gasteiger partial charge in [-0.2, -0.15) is 0 Å². The van der Waals surface area contributed by atoms with Crippen molar-refractivity contribution < 1.29 is 19.1 Å². The standard InChI is InChI=1S/C14H13NO4/c1-8-5-9(2)7-10(6-8)15-13(16)11-3-4-12(19-11)14(17)18/h3-7H,1-2H3,(H,15,16)(H,17,18). The van der Waals surface area contributed by atoms with Crippen molar-refractivity contribution in [2.75, 3.05) is 5.32 Å². The van der Waals surface area contributed by atoms with Crippen LogP contribution in [0.1, 0.15) is 32.2 Å². The number of carbonyl (C=O) groups excluding carboxylic acids is 1. The van der Waals surface area contributed by atoms with E-state index < -0.39 is 11.9 Å². The number of rotatable bonds is 3. The van der Waals surface area contributed by atoms with Gasteiger partial charge in [-0.3, -0.25) is 4.79 Å². The topological polar surface area (TPSA) is 79.5 Å². The van der Waals surface area contributed by atoms with Crippen LogP contribution < -0.4 is 5.32 Å². The number of amides is 1. The summed E-state index contributed by atoms with van der Waals surface area (Å²) in [5.74, 6) is -1.97. The van der Waals surface area contributed by atoms with Crippen molar-refractivity contribution in [1.82, 2.24) is 0 Å². The molecule has 2 aromatic rings. The van der Waals surface area contributed by atoms with Crippen molar-refractivity contribution in [3.05, 3.63) is 53.0 Å². The molecule has 2 rings (SSSR count). The zero-order valence-corrected chi connectivity index (χ0v) is 10.6. The molecule has 1 amide bonds. The molecule has 0 saturated carbocycles. The molecule has 0 bridgehead atoms. The first-order chi connectivity index (χ1) is 8.95. The fourth-order valence-corrected chi connectivity index (χ4v) is 1.81. The number of carboxylic acid groups (broad SMARTS) is 1. The van der Waals surface area contributed by atoms with Crippen LogP contribution in [-0.4, -0.2) is 17.0 Å². The van der Waals surface area contributed by atoms with Crippen LogP contribution in [0.4, 0.5) is 5.69 Å². The summed E-state index contributed by atoms with van der Waals surface area (Å²) < 4.78 is 4.93. The Kier molecular flexibility index (Phi) is 3.37. The summed E-state index contributed by atoms with van der Waals surface area (Å²) in [7, 11) is 0. The number of hydrogen-bond acceptors (Lipinski definition) is 3. The molecule has 0 saturated heterocycles. The molecular formula is C14H13NO4. The number of anilines is 1. The molecule has 0 aliphatic heterocycles. The second-order valence-corrected chi connectivity index (χ2v) is 4.30. The monoisotopic (exact) mass is 259 g/mol. The lowest BCUT2D eigenvalue weighted by molar-refractivity contribution is 0.0660. The van der Waals surface area contributed by atoms with Crippen molar-refractivity contribution in [3.63, 3.8) is 0 Å². The lowest BCUT2D eigenvalue weighted by atomic mass is 10.1. The summed E-state index contributed by atoms with van der Waals surface area (Å²) in [6.45, 7) is 3.86. The maximum absolute atomic E-state index is 11.9. The average Bonchev–Trinajstić information content (AvgIpc) is 2.76. The third kappa shape index (κ3) is 3.01. The van der Waals surface area contributed by atoms with Crippen LogP contribution in [0.2, 0.25) is 0 Å². The Balaban J connectivity index is 2.18. The molecule has 0 atom stereocenters. The third-order valence-corrected chi connectivity index (χ3v) is 2.52. The van der Waals surface area contributed by atoms with Gasteiger partial charge in [-0.15, -0.1) is 0 Å². The number of furan rings is 1. The molecule has 0 fully saturated rings. The minimum Gasteiger partial charge on any atom is -0.475 e. The molecule has 0 aliphatic rings. The van der Waals surface area contributed by atoms with Gasteiger partial charge in [0.1, 0.15) is 0 Å². The van der Waals surface area contributed by atoms with E-state index in [4.69, 9.17) is 9.52 Å². The van der Waals surface area contributed by atoms with Crippen LogP contribution in [0.15, 0.2) is 34.7 Å². The van der Waals surface area contributed by atoms with Crippen molar-refractivity contribution >= 4 is 17.6 Å². The van der Waals surface area contributed by atoms with Gasteiger partial charge in [0.15, 0.2) is 5.76 Å². The molecule has 2 N–H and O–H groups in total. The van der Waals surface area contributed by atoms with E-state index in [1.165, 1.54) is 12.1 Å². The van der Waals surface area contributed by atoms with Crippen LogP contribution in [0.25, 0.3) is 0 Å². The zero-order valence-electron chi connectivity index (χ0n) is 10.6. The molecule has 5 nitrogen and oxygen atoms in total. The van der Waals surface area contributed by atoms with Gasteiger partial charge >= 0.3 is 5.97 Å². The van der Waals surface area contributed by atoms with Gasteiger partial charge in [-0.25, -0.2) is 4.79 Å². The number of hydrogen-bond donors (Lipinski definition) is 2. The van der Waals surface area contributed by atoms with Gasteiger partial charge in [0, 0.05) is 5.69 Å². The van der Waals surface area contributed by atoms with Gasteiger partial charge in [-0.05, 0) is 49.2 Å². The van der Waals surface area contributed by atoms with E-state index in [0.29, 0.717) is 5.69 Å². The third-order valence-electron chi connectivity index (χ3n) is 2.52. The van der Waals surface area contributed by atoms with E-state index in [9.17, 15) is 9.59 Å². The highest BCUT2D eigenvalue weighted by molar-refractivity contribution is 6.03. The van der Waals surface area contributed by atoms with Crippen molar-refractivity contribution in [2.24, 2.45) is 0 Å². The molecule has 0 radical (unpaired) electrons. The van der Waals surface area contributed by atoms with E-state index in [1.807, 2.05) is 32.0 Å². The molecule has 0 aliphatic carbocycles. The van der Waals surface area contributed by atoms with Crippen LogP contribution in [0, 0.1) is 13.8 Å². The second-order valence-electron chi connectivity index (χ2n) is 4.30. The SMILES string of the molecule is Cc1cc(C)cc(NC(=O)c2ccc(C(=O)O)o2)c1. The van der Waals surface area contributed by atoms with Crippen LogP contribution in [-0.2, 0) is 0 Å². The number of carbonyl (C=O) groups is 2. The summed E-state index contributed by atoms with van der Waals surface area (Å²) in [6.07, 6.45) is 0. The summed E-state index contributed by atoms with van der Waals surface area (Å²) in [4.78, 5) is 22.5. The van der Waals surface area contributed by atoms with E-state index in [2.05, 4.69) is 5.32 Å². The Bertz CT molecular complexity index is 622. The quantitative estimate of drug-likeness (QED) is 0.888. The molecular weight excluding hydrogens is 246 g/mol. The Hall–Kier alpha value is -2.56. The maximum Gasteiger partial charge on any atom is 0.371 e. The Morgan fingerprint density at radius 3 is 2.16 bits per heavy atom. The number of nitrogens with one attached hydrogen (secondary N) is 1. The molecule has 0 spiro atoms. The number of benzene rings is 1. The van der Waals surface area contributed by atoms with Crippen LogP contribution >= 0.6 is 0 Å². The van der Waals surface area contributed by atoms with Gasteiger partial charge in [-0.1, -0.05) is 6.07 Å². The fourth-order valence-electron chi connectivity index (χ4n) is 1.81. The van der Waals surface area contributed by atoms with E-state index >= 15 is 0 Å². The number of aromatic carboxylic acids is 1. The summed E-state index contributed by atoms with van der Waals surface area (Å²) >= 11 is 0. The Labute approximate surface area is 109 Å². The average molecular weight is 259 g/mol. The van der Waals surface area contributed by atoms with Crippen molar-refractivity contribution in [3.8, 4) is 0 Å². The highest BCUT2D eigenvalue weighted by atomic mass is 16.4. The molecule has 5 heteroatoms. The van der Waals surface area contributed by atoms with Gasteiger partial charge in [0.05, 0.1) is 0 Å². The van der Waals surface area contributed by atoms with Gasteiger partial charge < -0.3 is 14.8 Å². The summed E-state index contributed by atoms with van der Waals surface area (Å²) in [6, 6.07) is 8.23. The largest absolute Gasteiger partial charge is 0.475 e. The van der Waals surface area contributed by atoms with Crippen molar-refractivity contribution in [1.29, 1.82) is 0 Å². The van der Waals surface area contributed by atoms with E-state index in [1.54, 1.807) is 0 Å². The molecule has 19 heavy (non-hydrogen) atoms. The first-order valence-electron chi connectivity index (χ1n) is 5.68. The van der Waals surface area contributed by atoms with Crippen molar-refractivity contribution in [2.45, 2.75) is 13.8 Å². The molecule has 1 heterocycles. The summed E-state index contributed by atoms with van der Waals surface area (Å²) in [5, 5.41) is 11.4. The molecule has 0 unspecified atom stereocenters. The molecule has 1 aromatic carbocycles. The minimum absolute atomic E-state index is 0.0310. The van der Waals surface area contributed by atoms with Gasteiger partial charge in [0.25, 0.3) is 5.91 Å². The minimum atomic E-state index is -1.20. The first-order valence-corrected chi connectivity index (χ1v) is 5.68. The lowest BCUT2D eigenvalue weighted by Crippen LogP contribution is -2.11. The molecule has 1 aromatic heterocycles. The Morgan fingerprint density at radius 1 is 1.05 bits per heavy atom. The highest BCUT2D eigenvalue weighted by Gasteiger charge is 2.15. The van der Waals surface area contributed by atoms with E-state index in [-0.39, 0.29) is 11.5 Å². The predicted octanol–water partition coefficient (Wildman–Crippen LogP) is 2.85. The van der Waals surface area contributed by atoms with Gasteiger partial charge in [0.2, 0.25) is 5.76 Å². The maximum atomic E-state index is 11.9. The van der Waals surface area contributed by atoms with E-state index in [0.717, 1.165) is 11.1 Å².